The van der Waals surface area contributed by atoms with Crippen molar-refractivity contribution in [1.29, 1.82) is 0 Å². The fraction of sp³-hybridized carbons (Fsp3) is 0.143. The summed E-state index contributed by atoms with van der Waals surface area (Å²) in [5, 5.41) is 0. The van der Waals surface area contributed by atoms with Gasteiger partial charge in [-0.25, -0.2) is 4.39 Å². The molecule has 0 aliphatic carbocycles. The van der Waals surface area contributed by atoms with Crippen LogP contribution in [0.5, 0.6) is 5.75 Å². The lowest BCUT2D eigenvalue weighted by Gasteiger charge is -2.11. The van der Waals surface area contributed by atoms with Gasteiger partial charge in [0.25, 0.3) is 11.8 Å². The zero-order valence-corrected chi connectivity index (χ0v) is 15.5. The van der Waals surface area contributed by atoms with Crippen LogP contribution in [0.4, 0.5) is 4.39 Å². The summed E-state index contributed by atoms with van der Waals surface area (Å²) in [6.45, 7) is 3.31. The molecule has 2 N–H and O–H groups in total. The smallest absolute Gasteiger partial charge is 0.276 e. The van der Waals surface area contributed by atoms with Gasteiger partial charge in [-0.2, -0.15) is 0 Å². The Hall–Kier alpha value is -3.61. The number of aromatic nitrogens is 1. The summed E-state index contributed by atoms with van der Waals surface area (Å²) in [5.74, 6) is -1.65. The van der Waals surface area contributed by atoms with Crippen molar-refractivity contribution < 1.29 is 18.7 Å². The van der Waals surface area contributed by atoms with Crippen molar-refractivity contribution in [2.75, 3.05) is 6.61 Å². The second-order valence-electron chi connectivity index (χ2n) is 6.18. The number of hydrogen-bond acceptors (Lipinski definition) is 3. The summed E-state index contributed by atoms with van der Waals surface area (Å²) in [5.41, 5.74) is 7.65. The zero-order valence-electron chi connectivity index (χ0n) is 15.5. The molecule has 0 aliphatic rings. The Morgan fingerprint density at radius 3 is 2.39 bits per heavy atom. The van der Waals surface area contributed by atoms with Crippen molar-refractivity contribution in [3.8, 4) is 11.4 Å². The van der Waals surface area contributed by atoms with Gasteiger partial charge in [-0.1, -0.05) is 30.3 Å². The number of benzene rings is 2. The van der Waals surface area contributed by atoms with Gasteiger partial charge in [0.05, 0.1) is 5.56 Å². The summed E-state index contributed by atoms with van der Waals surface area (Å²) in [6, 6.07) is 17.2. The second-order valence-corrected chi connectivity index (χ2v) is 6.18. The van der Waals surface area contributed by atoms with E-state index in [9.17, 15) is 14.0 Å². The van der Waals surface area contributed by atoms with Crippen molar-refractivity contribution in [2.45, 2.75) is 13.8 Å². The number of nitrogens with zero attached hydrogens (tertiary/aromatic N) is 1. The number of aryl methyl sites for hydroxylation is 1. The van der Waals surface area contributed by atoms with E-state index < -0.39 is 24.2 Å². The first-order valence-corrected chi connectivity index (χ1v) is 8.68. The van der Waals surface area contributed by atoms with Crippen LogP contribution < -0.4 is 15.6 Å². The molecule has 0 saturated heterocycles. The van der Waals surface area contributed by atoms with E-state index in [1.165, 1.54) is 18.2 Å². The lowest BCUT2D eigenvalue weighted by molar-refractivity contribution is -0.123. The van der Waals surface area contributed by atoms with E-state index in [1.807, 2.05) is 48.7 Å². The first-order valence-electron chi connectivity index (χ1n) is 8.68. The predicted molar refractivity (Wildman–Crippen MR) is 103 cm³/mol. The molecule has 0 fully saturated rings. The van der Waals surface area contributed by atoms with Crippen LogP contribution in [0.1, 0.15) is 21.7 Å². The molecule has 0 saturated carbocycles. The molecular formula is C21H20FN3O3. The van der Waals surface area contributed by atoms with Crippen molar-refractivity contribution in [3.63, 3.8) is 0 Å². The molecule has 0 atom stereocenters. The van der Waals surface area contributed by atoms with Crippen LogP contribution in [0.3, 0.4) is 0 Å². The summed E-state index contributed by atoms with van der Waals surface area (Å²) >= 11 is 0. The number of amides is 2. The molecule has 7 heteroatoms. The molecule has 3 aromatic rings. The Labute approximate surface area is 161 Å². The summed E-state index contributed by atoms with van der Waals surface area (Å²) in [6.07, 6.45) is 0. The fourth-order valence-corrected chi connectivity index (χ4v) is 2.90. The third-order valence-electron chi connectivity index (χ3n) is 4.20. The molecule has 0 aliphatic heterocycles. The Kier molecular flexibility index (Phi) is 5.74. The Balaban J connectivity index is 1.61. The molecule has 28 heavy (non-hydrogen) atoms. The quantitative estimate of drug-likeness (QED) is 0.667. The molecule has 0 radical (unpaired) electrons. The van der Waals surface area contributed by atoms with Gasteiger partial charge >= 0.3 is 0 Å². The van der Waals surface area contributed by atoms with Gasteiger partial charge in [0.2, 0.25) is 0 Å². The number of carbonyl (C=O) groups excluding carboxylic acids is 2. The Morgan fingerprint density at radius 1 is 1.00 bits per heavy atom. The molecule has 0 bridgehead atoms. The average Bonchev–Trinajstić information content (AvgIpc) is 3.00. The van der Waals surface area contributed by atoms with Gasteiger partial charge in [-0.3, -0.25) is 20.4 Å². The predicted octanol–water partition coefficient (Wildman–Crippen LogP) is 3.07. The average molecular weight is 381 g/mol. The number of halogens is 1. The minimum atomic E-state index is -0.603. The minimum absolute atomic E-state index is 0.0321. The van der Waals surface area contributed by atoms with Crippen molar-refractivity contribution in [2.24, 2.45) is 0 Å². The Morgan fingerprint density at radius 2 is 1.68 bits per heavy atom. The van der Waals surface area contributed by atoms with Crippen LogP contribution in [-0.4, -0.2) is 23.0 Å². The molecular weight excluding hydrogens is 361 g/mol. The molecule has 0 unspecified atom stereocenters. The third-order valence-corrected chi connectivity index (χ3v) is 4.20. The molecule has 1 heterocycles. The van der Waals surface area contributed by atoms with E-state index in [-0.39, 0.29) is 5.75 Å². The van der Waals surface area contributed by atoms with Gasteiger partial charge in [-0.05, 0) is 44.2 Å². The number of nitrogens with one attached hydrogen (secondary N) is 2. The van der Waals surface area contributed by atoms with Crippen LogP contribution in [-0.2, 0) is 4.79 Å². The molecule has 2 amide bonds. The Bertz CT molecular complexity index is 999. The third kappa shape index (κ3) is 4.20. The monoisotopic (exact) mass is 381 g/mol. The van der Waals surface area contributed by atoms with Crippen molar-refractivity contribution >= 4 is 11.8 Å². The van der Waals surface area contributed by atoms with Crippen LogP contribution in [0.15, 0.2) is 60.7 Å². The molecule has 6 nitrogen and oxygen atoms in total. The van der Waals surface area contributed by atoms with Crippen LogP contribution in [0, 0.1) is 19.7 Å². The molecule has 3 rings (SSSR count). The number of hydrogen-bond donors (Lipinski definition) is 2. The molecule has 0 spiro atoms. The highest BCUT2D eigenvalue weighted by atomic mass is 19.1. The molecule has 1 aromatic heterocycles. The standard InChI is InChI=1S/C21H20FN3O3/c1-14-12-17(15(2)25(14)16-8-4-3-5-9-16)21(27)24-23-20(26)13-28-19-11-7-6-10-18(19)22/h3-12H,13H2,1-2H3,(H,23,26)(H,24,27). The van der Waals surface area contributed by atoms with Gasteiger partial charge in [-0.15, -0.1) is 0 Å². The van der Waals surface area contributed by atoms with E-state index in [0.29, 0.717) is 5.56 Å². The first-order chi connectivity index (χ1) is 13.5. The summed E-state index contributed by atoms with van der Waals surface area (Å²) < 4.78 is 20.5. The second kappa shape index (κ2) is 8.39. The van der Waals surface area contributed by atoms with Gasteiger partial charge < -0.3 is 9.30 Å². The van der Waals surface area contributed by atoms with Crippen LogP contribution in [0.2, 0.25) is 0 Å². The number of carbonyl (C=O) groups is 2. The lowest BCUT2D eigenvalue weighted by Crippen LogP contribution is -2.44. The molecule has 144 valence electrons. The lowest BCUT2D eigenvalue weighted by atomic mass is 10.2. The number of para-hydroxylation sites is 2. The summed E-state index contributed by atoms with van der Waals surface area (Å²) in [4.78, 5) is 24.3. The highest BCUT2D eigenvalue weighted by Gasteiger charge is 2.17. The minimum Gasteiger partial charge on any atom is -0.481 e. The van der Waals surface area contributed by atoms with Gasteiger partial charge in [0.1, 0.15) is 0 Å². The topological polar surface area (TPSA) is 72.4 Å². The summed E-state index contributed by atoms with van der Waals surface area (Å²) in [7, 11) is 0. The van der Waals surface area contributed by atoms with Gasteiger partial charge in [0.15, 0.2) is 18.2 Å². The van der Waals surface area contributed by atoms with Crippen molar-refractivity contribution in [1.82, 2.24) is 15.4 Å². The normalized spacial score (nSPS) is 10.4. The first kappa shape index (κ1) is 19.2. The number of ether oxygens (including phenoxy) is 1. The maximum absolute atomic E-state index is 13.5. The van der Waals surface area contributed by atoms with Gasteiger partial charge in [0, 0.05) is 17.1 Å². The van der Waals surface area contributed by atoms with E-state index in [4.69, 9.17) is 4.74 Å². The zero-order chi connectivity index (χ0) is 20.1. The van der Waals surface area contributed by atoms with E-state index >= 15 is 0 Å². The number of hydrazine groups is 1. The highest BCUT2D eigenvalue weighted by molar-refractivity contribution is 5.97. The maximum Gasteiger partial charge on any atom is 0.276 e. The van der Waals surface area contributed by atoms with E-state index in [2.05, 4.69) is 10.9 Å². The number of rotatable bonds is 5. The van der Waals surface area contributed by atoms with Crippen LogP contribution in [0.25, 0.3) is 5.69 Å². The molecule has 2 aromatic carbocycles. The maximum atomic E-state index is 13.5. The fourth-order valence-electron chi connectivity index (χ4n) is 2.90. The SMILES string of the molecule is Cc1cc(C(=O)NNC(=O)COc2ccccc2F)c(C)n1-c1ccccc1. The highest BCUT2D eigenvalue weighted by Crippen LogP contribution is 2.20. The van der Waals surface area contributed by atoms with E-state index in [1.54, 1.807) is 12.1 Å². The largest absolute Gasteiger partial charge is 0.481 e. The van der Waals surface area contributed by atoms with Crippen molar-refractivity contribution in [3.05, 3.63) is 83.4 Å². The van der Waals surface area contributed by atoms with E-state index in [0.717, 1.165) is 17.1 Å². The van der Waals surface area contributed by atoms with Crippen LogP contribution >= 0.6 is 0 Å².